The van der Waals surface area contributed by atoms with Crippen molar-refractivity contribution in [2.24, 2.45) is 0 Å². The molecule has 3 rings (SSSR count). The molecule has 0 radical (unpaired) electrons. The predicted molar refractivity (Wildman–Crippen MR) is 64.6 cm³/mol. The molecular formula is C12H11F5N4. The van der Waals surface area contributed by atoms with Gasteiger partial charge in [0.05, 0.1) is 29.7 Å². The second-order valence-corrected chi connectivity index (χ2v) is 5.20. The van der Waals surface area contributed by atoms with Gasteiger partial charge in [0.1, 0.15) is 5.41 Å². The number of rotatable bonds is 2. The molecule has 0 amide bonds. The lowest BCUT2D eigenvalue weighted by atomic mass is 9.88. The molecule has 3 heterocycles. The monoisotopic (exact) mass is 306 g/mol. The van der Waals surface area contributed by atoms with Crippen LogP contribution in [0.15, 0.2) is 12.3 Å². The molecule has 0 spiro atoms. The zero-order chi connectivity index (χ0) is 15.4. The summed E-state index contributed by atoms with van der Waals surface area (Å²) >= 11 is 0. The minimum absolute atomic E-state index is 0.0160. The van der Waals surface area contributed by atoms with Crippen molar-refractivity contribution in [3.05, 3.63) is 23.7 Å². The predicted octanol–water partition coefficient (Wildman–Crippen LogP) is 2.78. The Labute approximate surface area is 116 Å². The van der Waals surface area contributed by atoms with Gasteiger partial charge < -0.3 is 5.32 Å². The zero-order valence-electron chi connectivity index (χ0n) is 10.9. The minimum Gasteiger partial charge on any atom is -0.381 e. The van der Waals surface area contributed by atoms with Crippen molar-refractivity contribution in [2.75, 3.05) is 11.9 Å². The van der Waals surface area contributed by atoms with Crippen molar-refractivity contribution in [2.45, 2.75) is 31.4 Å². The summed E-state index contributed by atoms with van der Waals surface area (Å²) in [5.74, 6) is 0. The largest absolute Gasteiger partial charge is 0.401 e. The number of fused-ring (bicyclic) bond motifs is 3. The van der Waals surface area contributed by atoms with E-state index in [1.54, 1.807) is 0 Å². The summed E-state index contributed by atoms with van der Waals surface area (Å²) in [6, 6.07) is 1.28. The lowest BCUT2D eigenvalue weighted by Gasteiger charge is -2.27. The standard InChI is InChI=1S/C12H11F5N4/c1-11(12(15,16)17)5-19-7-4-18-9-3-6(2-8(13)14)20-21(9)10(7)11/h3-4,8,19H,2,5H2,1H3. The maximum atomic E-state index is 13.3. The first-order valence-corrected chi connectivity index (χ1v) is 6.19. The summed E-state index contributed by atoms with van der Waals surface area (Å²) in [5.41, 5.74) is -1.88. The number of hydrogen-bond acceptors (Lipinski definition) is 3. The molecule has 1 atom stereocenters. The normalized spacial score (nSPS) is 21.9. The summed E-state index contributed by atoms with van der Waals surface area (Å²) in [5, 5.41) is 6.52. The highest BCUT2D eigenvalue weighted by atomic mass is 19.4. The van der Waals surface area contributed by atoms with Crippen molar-refractivity contribution in [3.63, 3.8) is 0 Å². The van der Waals surface area contributed by atoms with Gasteiger partial charge in [-0.05, 0) is 6.92 Å². The molecule has 0 saturated heterocycles. The number of aromatic nitrogens is 3. The second kappa shape index (κ2) is 4.28. The van der Waals surface area contributed by atoms with Gasteiger partial charge in [-0.2, -0.15) is 18.3 Å². The third-order valence-corrected chi connectivity index (χ3v) is 3.68. The number of alkyl halides is 5. The van der Waals surface area contributed by atoms with E-state index >= 15 is 0 Å². The molecule has 2 aromatic rings. The quantitative estimate of drug-likeness (QED) is 0.868. The van der Waals surface area contributed by atoms with E-state index in [0.717, 1.165) is 11.4 Å². The van der Waals surface area contributed by atoms with Gasteiger partial charge in [0.2, 0.25) is 6.43 Å². The third-order valence-electron chi connectivity index (χ3n) is 3.68. The molecule has 4 nitrogen and oxygen atoms in total. The molecule has 0 bridgehead atoms. The molecule has 0 aromatic carbocycles. The number of halogens is 5. The molecule has 9 heteroatoms. The highest BCUT2D eigenvalue weighted by Gasteiger charge is 2.57. The fourth-order valence-corrected chi connectivity index (χ4v) is 2.49. The van der Waals surface area contributed by atoms with E-state index in [1.165, 1.54) is 12.3 Å². The van der Waals surface area contributed by atoms with Gasteiger partial charge in [-0.15, -0.1) is 0 Å². The molecular weight excluding hydrogens is 295 g/mol. The van der Waals surface area contributed by atoms with E-state index in [4.69, 9.17) is 0 Å². The van der Waals surface area contributed by atoms with E-state index < -0.39 is 24.4 Å². The molecule has 0 aliphatic carbocycles. The second-order valence-electron chi connectivity index (χ2n) is 5.20. The van der Waals surface area contributed by atoms with Crippen LogP contribution in [0, 0.1) is 0 Å². The van der Waals surface area contributed by atoms with Gasteiger partial charge >= 0.3 is 6.18 Å². The van der Waals surface area contributed by atoms with E-state index in [0.29, 0.717) is 0 Å². The molecule has 2 aromatic heterocycles. The molecule has 1 unspecified atom stereocenters. The van der Waals surface area contributed by atoms with E-state index in [1.807, 2.05) is 0 Å². The smallest absolute Gasteiger partial charge is 0.381 e. The summed E-state index contributed by atoms with van der Waals surface area (Å²) in [6.07, 6.45) is -6.45. The van der Waals surface area contributed by atoms with Gasteiger partial charge in [0.25, 0.3) is 0 Å². The Balaban J connectivity index is 2.20. The molecule has 1 aliphatic heterocycles. The van der Waals surface area contributed by atoms with Crippen LogP contribution >= 0.6 is 0 Å². The fraction of sp³-hybridized carbons (Fsp3) is 0.500. The Morgan fingerprint density at radius 2 is 2.14 bits per heavy atom. The summed E-state index contributed by atoms with van der Waals surface area (Å²) in [6.45, 7) is 0.719. The molecule has 0 fully saturated rings. The number of hydrogen-bond donors (Lipinski definition) is 1. The number of nitrogens with zero attached hydrogens (tertiary/aromatic N) is 3. The average molecular weight is 306 g/mol. The highest BCUT2D eigenvalue weighted by Crippen LogP contribution is 2.47. The Morgan fingerprint density at radius 3 is 2.76 bits per heavy atom. The molecule has 114 valence electrons. The van der Waals surface area contributed by atoms with E-state index in [-0.39, 0.29) is 29.3 Å². The van der Waals surface area contributed by atoms with Crippen molar-refractivity contribution in [1.82, 2.24) is 14.6 Å². The zero-order valence-corrected chi connectivity index (χ0v) is 10.9. The first kappa shape index (κ1) is 14.0. The highest BCUT2D eigenvalue weighted by molar-refractivity contribution is 5.60. The van der Waals surface area contributed by atoms with Crippen LogP contribution in [-0.4, -0.2) is 33.7 Å². The third kappa shape index (κ3) is 2.02. The van der Waals surface area contributed by atoms with Crippen LogP contribution in [0.3, 0.4) is 0 Å². The first-order valence-electron chi connectivity index (χ1n) is 6.19. The SMILES string of the molecule is CC1(C(F)(F)F)CNc2cnc3cc(CC(F)F)nn3c21. The molecule has 21 heavy (non-hydrogen) atoms. The van der Waals surface area contributed by atoms with E-state index in [9.17, 15) is 22.0 Å². The van der Waals surface area contributed by atoms with Crippen molar-refractivity contribution in [3.8, 4) is 0 Å². The Hall–Kier alpha value is -1.93. The van der Waals surface area contributed by atoms with Crippen LogP contribution in [0.5, 0.6) is 0 Å². The Kier molecular flexibility index (Phi) is 2.86. The van der Waals surface area contributed by atoms with Crippen molar-refractivity contribution >= 4 is 11.3 Å². The molecule has 1 N–H and O–H groups in total. The lowest BCUT2D eigenvalue weighted by molar-refractivity contribution is -0.181. The first-order chi connectivity index (χ1) is 9.72. The number of anilines is 1. The van der Waals surface area contributed by atoms with Crippen LogP contribution in [0.2, 0.25) is 0 Å². The van der Waals surface area contributed by atoms with Crippen LogP contribution < -0.4 is 5.32 Å². The van der Waals surface area contributed by atoms with Gasteiger partial charge in [0.15, 0.2) is 5.65 Å². The minimum atomic E-state index is -4.49. The number of nitrogens with one attached hydrogen (secondary N) is 1. The Bertz CT molecular complexity index is 693. The van der Waals surface area contributed by atoms with Crippen LogP contribution in [0.1, 0.15) is 18.3 Å². The van der Waals surface area contributed by atoms with Gasteiger partial charge in [-0.1, -0.05) is 0 Å². The average Bonchev–Trinajstić information content (AvgIpc) is 2.89. The maximum Gasteiger partial charge on any atom is 0.401 e. The topological polar surface area (TPSA) is 42.2 Å². The van der Waals surface area contributed by atoms with Crippen LogP contribution in [0.25, 0.3) is 5.65 Å². The maximum absolute atomic E-state index is 13.3. The van der Waals surface area contributed by atoms with Gasteiger partial charge in [0, 0.05) is 12.6 Å². The van der Waals surface area contributed by atoms with Crippen molar-refractivity contribution < 1.29 is 22.0 Å². The summed E-state index contributed by atoms with van der Waals surface area (Å²) < 4.78 is 65.9. The molecule has 0 saturated carbocycles. The van der Waals surface area contributed by atoms with Crippen molar-refractivity contribution in [1.29, 1.82) is 0 Å². The van der Waals surface area contributed by atoms with Crippen LogP contribution in [0.4, 0.5) is 27.6 Å². The van der Waals surface area contributed by atoms with E-state index in [2.05, 4.69) is 15.4 Å². The lowest BCUT2D eigenvalue weighted by Crippen LogP contribution is -2.42. The van der Waals surface area contributed by atoms with Gasteiger partial charge in [-0.3, -0.25) is 0 Å². The van der Waals surface area contributed by atoms with Crippen LogP contribution in [-0.2, 0) is 11.8 Å². The van der Waals surface area contributed by atoms with Gasteiger partial charge in [-0.25, -0.2) is 18.3 Å². The summed E-state index contributed by atoms with van der Waals surface area (Å²) in [4.78, 5) is 3.95. The molecule has 1 aliphatic rings. The Morgan fingerprint density at radius 1 is 1.43 bits per heavy atom. The summed E-state index contributed by atoms with van der Waals surface area (Å²) in [7, 11) is 0. The fourth-order valence-electron chi connectivity index (χ4n) is 2.49.